The van der Waals surface area contributed by atoms with Gasteiger partial charge in [0.2, 0.25) is 5.91 Å². The lowest BCUT2D eigenvalue weighted by Gasteiger charge is -2.27. The highest BCUT2D eigenvalue weighted by atomic mass is 127. The molecule has 158 valence electrons. The molecule has 2 aromatic carbocycles. The number of alkyl halides is 1. The number of hydrogen-bond donors (Lipinski definition) is 0. The van der Waals surface area contributed by atoms with Crippen LogP contribution in [0.1, 0.15) is 17.5 Å². The fraction of sp³-hybridized carbons (Fsp3) is 0.364. The molecule has 0 saturated carbocycles. The number of imide groups is 1. The van der Waals surface area contributed by atoms with Crippen LogP contribution < -0.4 is 0 Å². The van der Waals surface area contributed by atoms with Gasteiger partial charge in [0.05, 0.1) is 18.6 Å². The summed E-state index contributed by atoms with van der Waals surface area (Å²) in [5.74, 6) is -2.38. The standard InChI is InChI=1S/C22H20F2INO4/c23-16-6-7-18(19(24)9-16)22(13-25)10-15(11-30-22)20(27)26-17(12-29-21(26)28)8-14-4-2-1-3-5-14/h1-7,9,15,17H,8,10-13H2/t15-,17+,22-/m0/s1. The molecule has 0 N–H and O–H groups in total. The van der Waals surface area contributed by atoms with Gasteiger partial charge in [0.1, 0.15) is 23.8 Å². The van der Waals surface area contributed by atoms with Crippen molar-refractivity contribution in [3.63, 3.8) is 0 Å². The maximum Gasteiger partial charge on any atom is 0.416 e. The summed E-state index contributed by atoms with van der Waals surface area (Å²) < 4.78 is 39.2. The Kier molecular flexibility index (Phi) is 6.06. The van der Waals surface area contributed by atoms with Crippen LogP contribution in [0.25, 0.3) is 0 Å². The van der Waals surface area contributed by atoms with Gasteiger partial charge < -0.3 is 9.47 Å². The molecule has 0 spiro atoms. The topological polar surface area (TPSA) is 55.8 Å². The van der Waals surface area contributed by atoms with Gasteiger partial charge in [0.25, 0.3) is 0 Å². The number of ether oxygens (including phenoxy) is 2. The fourth-order valence-electron chi connectivity index (χ4n) is 4.11. The van der Waals surface area contributed by atoms with Gasteiger partial charge in [-0.1, -0.05) is 59.0 Å². The van der Waals surface area contributed by atoms with Gasteiger partial charge in [-0.3, -0.25) is 4.79 Å². The molecule has 3 atom stereocenters. The average Bonchev–Trinajstić information content (AvgIpc) is 3.33. The van der Waals surface area contributed by atoms with E-state index in [0.717, 1.165) is 11.6 Å². The highest BCUT2D eigenvalue weighted by Crippen LogP contribution is 2.43. The molecule has 2 heterocycles. The molecule has 30 heavy (non-hydrogen) atoms. The Bertz CT molecular complexity index is 957. The van der Waals surface area contributed by atoms with Crippen LogP contribution in [0, 0.1) is 17.6 Å². The van der Waals surface area contributed by atoms with Gasteiger partial charge in [0.15, 0.2) is 0 Å². The Labute approximate surface area is 186 Å². The van der Waals surface area contributed by atoms with Crippen LogP contribution in [-0.4, -0.2) is 40.6 Å². The number of benzene rings is 2. The molecular formula is C22H20F2INO4. The highest BCUT2D eigenvalue weighted by Gasteiger charge is 2.49. The van der Waals surface area contributed by atoms with E-state index in [0.29, 0.717) is 10.8 Å². The minimum Gasteiger partial charge on any atom is -0.447 e. The Morgan fingerprint density at radius 1 is 1.17 bits per heavy atom. The number of amides is 2. The Morgan fingerprint density at radius 2 is 1.93 bits per heavy atom. The SMILES string of the molecule is O=C1OC[C@@H](Cc2ccccc2)N1C(=O)[C@@H]1CO[C@@](CI)(c2ccc(F)cc2F)C1. The second-order valence-electron chi connectivity index (χ2n) is 7.59. The van der Waals surface area contributed by atoms with E-state index in [-0.39, 0.29) is 31.1 Å². The van der Waals surface area contributed by atoms with E-state index >= 15 is 0 Å². The lowest BCUT2D eigenvalue weighted by molar-refractivity contribution is -0.133. The second-order valence-corrected chi connectivity index (χ2v) is 8.36. The molecule has 2 amide bonds. The lowest BCUT2D eigenvalue weighted by Crippen LogP contribution is -2.44. The average molecular weight is 527 g/mol. The van der Waals surface area contributed by atoms with E-state index in [1.807, 2.05) is 30.3 Å². The van der Waals surface area contributed by atoms with E-state index in [2.05, 4.69) is 22.6 Å². The monoisotopic (exact) mass is 527 g/mol. The van der Waals surface area contributed by atoms with Crippen molar-refractivity contribution >= 4 is 34.6 Å². The van der Waals surface area contributed by atoms with Gasteiger partial charge >= 0.3 is 6.09 Å². The zero-order valence-electron chi connectivity index (χ0n) is 16.0. The van der Waals surface area contributed by atoms with Gasteiger partial charge in [-0.05, 0) is 24.5 Å². The summed E-state index contributed by atoms with van der Waals surface area (Å²) in [4.78, 5) is 26.7. The fourth-order valence-corrected chi connectivity index (χ4v) is 5.05. The molecule has 2 aliphatic rings. The molecule has 4 rings (SSSR count). The molecule has 5 nitrogen and oxygen atoms in total. The number of hydrogen-bond acceptors (Lipinski definition) is 4. The van der Waals surface area contributed by atoms with Crippen LogP contribution in [-0.2, 0) is 26.3 Å². The molecule has 8 heteroatoms. The van der Waals surface area contributed by atoms with Gasteiger partial charge in [-0.15, -0.1) is 0 Å². The first kappa shape index (κ1) is 21.2. The number of halogens is 3. The van der Waals surface area contributed by atoms with E-state index in [1.165, 1.54) is 17.0 Å². The van der Waals surface area contributed by atoms with Crippen molar-refractivity contribution in [1.29, 1.82) is 0 Å². The van der Waals surface area contributed by atoms with Gasteiger partial charge in [-0.2, -0.15) is 0 Å². The number of carbonyl (C=O) groups is 2. The van der Waals surface area contributed by atoms with Crippen molar-refractivity contribution < 1.29 is 27.8 Å². The number of carbonyl (C=O) groups excluding carboxylic acids is 2. The third-order valence-corrected chi connectivity index (χ3v) is 6.87. The van der Waals surface area contributed by atoms with Crippen molar-refractivity contribution in [2.24, 2.45) is 5.92 Å². The van der Waals surface area contributed by atoms with Crippen molar-refractivity contribution in [3.8, 4) is 0 Å². The molecular weight excluding hydrogens is 507 g/mol. The summed E-state index contributed by atoms with van der Waals surface area (Å²) in [6, 6.07) is 12.5. The minimum absolute atomic E-state index is 0.0560. The van der Waals surface area contributed by atoms with E-state index < -0.39 is 35.3 Å². The van der Waals surface area contributed by atoms with Crippen LogP contribution in [0.15, 0.2) is 48.5 Å². The normalized spacial score (nSPS) is 26.1. The minimum atomic E-state index is -1.04. The largest absolute Gasteiger partial charge is 0.447 e. The number of rotatable bonds is 5. The maximum atomic E-state index is 14.4. The highest BCUT2D eigenvalue weighted by molar-refractivity contribution is 14.1. The maximum absolute atomic E-state index is 14.4. The number of cyclic esters (lactones) is 1. The predicted molar refractivity (Wildman–Crippen MR) is 113 cm³/mol. The third kappa shape index (κ3) is 3.94. The number of nitrogens with zero attached hydrogens (tertiary/aromatic N) is 1. The summed E-state index contributed by atoms with van der Waals surface area (Å²) in [7, 11) is 0. The summed E-state index contributed by atoms with van der Waals surface area (Å²) in [6.45, 7) is 0.192. The molecule has 0 radical (unpaired) electrons. The summed E-state index contributed by atoms with van der Waals surface area (Å²) in [6.07, 6.45) is 0.0376. The summed E-state index contributed by atoms with van der Waals surface area (Å²) >= 11 is 2.07. The van der Waals surface area contributed by atoms with Crippen molar-refractivity contribution in [1.82, 2.24) is 4.90 Å². The lowest BCUT2D eigenvalue weighted by atomic mass is 9.88. The molecule has 2 aromatic rings. The van der Waals surface area contributed by atoms with Crippen molar-refractivity contribution in [3.05, 3.63) is 71.3 Å². The zero-order chi connectivity index (χ0) is 21.3. The Hall–Kier alpha value is -2.07. The second kappa shape index (κ2) is 8.58. The smallest absolute Gasteiger partial charge is 0.416 e. The van der Waals surface area contributed by atoms with Crippen LogP contribution in [0.4, 0.5) is 13.6 Å². The molecule has 2 saturated heterocycles. The molecule has 0 unspecified atom stereocenters. The van der Waals surface area contributed by atoms with Crippen LogP contribution in [0.2, 0.25) is 0 Å². The molecule has 0 aromatic heterocycles. The predicted octanol–water partition coefficient (Wildman–Crippen LogP) is 4.22. The zero-order valence-corrected chi connectivity index (χ0v) is 18.2. The molecule has 2 fully saturated rings. The van der Waals surface area contributed by atoms with Crippen molar-refractivity contribution in [2.45, 2.75) is 24.5 Å². The van der Waals surface area contributed by atoms with E-state index in [9.17, 15) is 18.4 Å². The van der Waals surface area contributed by atoms with Crippen molar-refractivity contribution in [2.75, 3.05) is 17.6 Å². The van der Waals surface area contributed by atoms with E-state index in [1.54, 1.807) is 0 Å². The molecule has 0 bridgehead atoms. The van der Waals surface area contributed by atoms with Crippen LogP contribution in [0.5, 0.6) is 0 Å². The first-order valence-corrected chi connectivity index (χ1v) is 11.2. The van der Waals surface area contributed by atoms with Crippen LogP contribution in [0.3, 0.4) is 0 Å². The summed E-state index contributed by atoms with van der Waals surface area (Å²) in [5.41, 5.74) is 0.173. The van der Waals surface area contributed by atoms with Crippen LogP contribution >= 0.6 is 22.6 Å². The van der Waals surface area contributed by atoms with Gasteiger partial charge in [-0.25, -0.2) is 18.5 Å². The first-order chi connectivity index (χ1) is 14.4. The molecule has 2 aliphatic heterocycles. The summed E-state index contributed by atoms with van der Waals surface area (Å²) in [5, 5.41) is 0. The van der Waals surface area contributed by atoms with E-state index in [4.69, 9.17) is 9.47 Å². The first-order valence-electron chi connectivity index (χ1n) is 9.63. The Balaban J connectivity index is 1.53. The molecule has 0 aliphatic carbocycles. The Morgan fingerprint density at radius 3 is 2.63 bits per heavy atom. The van der Waals surface area contributed by atoms with Gasteiger partial charge in [0, 0.05) is 16.1 Å². The quantitative estimate of drug-likeness (QED) is 0.432. The third-order valence-electron chi connectivity index (χ3n) is 5.64.